The monoisotopic (exact) mass is 164 g/mol. The van der Waals surface area contributed by atoms with Gasteiger partial charge in [-0.1, -0.05) is 0 Å². The molecule has 0 spiro atoms. The molecular weight excluding hydrogens is 156 g/mol. The Balaban J connectivity index is 0. The molecule has 10 heavy (non-hydrogen) atoms. The van der Waals surface area contributed by atoms with Crippen molar-refractivity contribution in [2.24, 2.45) is 0 Å². The quantitative estimate of drug-likeness (QED) is 0.323. The molecule has 0 radical (unpaired) electrons. The van der Waals surface area contributed by atoms with Gasteiger partial charge in [0, 0.05) is 12.2 Å². The van der Waals surface area contributed by atoms with Crippen LogP contribution >= 0.6 is 0 Å². The molecule has 0 aromatic carbocycles. The molecule has 0 saturated carbocycles. The van der Waals surface area contributed by atoms with Crippen molar-refractivity contribution >= 4 is 22.4 Å². The summed E-state index contributed by atoms with van der Waals surface area (Å²) in [5.74, 6) is -2.51. The Labute approximate surface area is 60.2 Å². The van der Waals surface area contributed by atoms with E-state index in [1.165, 1.54) is 0 Å². The zero-order chi connectivity index (χ0) is 8.57. The summed E-state index contributed by atoms with van der Waals surface area (Å²) in [6.45, 7) is 0. The molecule has 0 bridgehead atoms. The molecule has 0 fully saturated rings. The van der Waals surface area contributed by atoms with E-state index in [4.69, 9.17) is 15.0 Å². The molecule has 0 aromatic heterocycles. The number of carboxylic acid groups (broad SMARTS) is 2. The molecular formula is C4H8O5Si. The van der Waals surface area contributed by atoms with Gasteiger partial charge >= 0.3 is 11.9 Å². The van der Waals surface area contributed by atoms with Crippen molar-refractivity contribution in [3.63, 3.8) is 0 Å². The minimum Gasteiger partial charge on any atom is -0.478 e. The SMILES string of the molecule is O=C(O)/C=C\C(=O)O.O[SiH3]. The molecule has 0 aliphatic rings. The van der Waals surface area contributed by atoms with Gasteiger partial charge in [0.2, 0.25) is 0 Å². The van der Waals surface area contributed by atoms with Gasteiger partial charge in [-0.3, -0.25) is 0 Å². The fourth-order valence-electron chi connectivity index (χ4n) is 0.143. The second kappa shape index (κ2) is 7.86. The molecule has 0 rings (SSSR count). The van der Waals surface area contributed by atoms with E-state index in [0.29, 0.717) is 22.6 Å². The number of aliphatic carboxylic acids is 2. The second-order valence-electron chi connectivity index (χ2n) is 1.01. The van der Waals surface area contributed by atoms with Gasteiger partial charge in [-0.15, -0.1) is 0 Å². The topological polar surface area (TPSA) is 94.8 Å². The van der Waals surface area contributed by atoms with Crippen molar-refractivity contribution in [3.05, 3.63) is 12.2 Å². The van der Waals surface area contributed by atoms with E-state index < -0.39 is 11.9 Å². The fourth-order valence-corrected chi connectivity index (χ4v) is 0.143. The molecule has 6 heteroatoms. The minimum atomic E-state index is -1.26. The molecule has 0 aliphatic heterocycles. The van der Waals surface area contributed by atoms with Gasteiger partial charge in [-0.25, -0.2) is 9.59 Å². The highest BCUT2D eigenvalue weighted by molar-refractivity contribution is 5.95. The molecule has 0 unspecified atom stereocenters. The van der Waals surface area contributed by atoms with Crippen molar-refractivity contribution in [1.29, 1.82) is 0 Å². The van der Waals surface area contributed by atoms with Crippen LogP contribution in [0.3, 0.4) is 0 Å². The highest BCUT2D eigenvalue weighted by Gasteiger charge is 1.88. The van der Waals surface area contributed by atoms with Gasteiger partial charge in [-0.05, 0) is 0 Å². The summed E-state index contributed by atoms with van der Waals surface area (Å²) in [4.78, 5) is 26.2. The first-order valence-corrected chi connectivity index (χ1v) is 3.11. The van der Waals surface area contributed by atoms with Crippen molar-refractivity contribution in [1.82, 2.24) is 0 Å². The van der Waals surface area contributed by atoms with Crippen LogP contribution < -0.4 is 0 Å². The van der Waals surface area contributed by atoms with Gasteiger partial charge in [0.05, 0.1) is 0 Å². The maximum atomic E-state index is 9.55. The summed E-state index contributed by atoms with van der Waals surface area (Å²) in [5, 5.41) is 15.6. The molecule has 5 nitrogen and oxygen atoms in total. The van der Waals surface area contributed by atoms with Crippen LogP contribution in [0.25, 0.3) is 0 Å². The Morgan fingerprint density at radius 3 is 1.30 bits per heavy atom. The van der Waals surface area contributed by atoms with E-state index in [9.17, 15) is 9.59 Å². The Morgan fingerprint density at radius 1 is 1.00 bits per heavy atom. The Bertz CT molecular complexity index is 125. The predicted octanol–water partition coefficient (Wildman–Crippen LogP) is -2.03. The lowest BCUT2D eigenvalue weighted by atomic mass is 10.5. The zero-order valence-corrected chi connectivity index (χ0v) is 7.31. The van der Waals surface area contributed by atoms with E-state index >= 15 is 0 Å². The van der Waals surface area contributed by atoms with Crippen LogP contribution in [0, 0.1) is 0 Å². The molecule has 0 aliphatic carbocycles. The third-order valence-electron chi connectivity index (χ3n) is 0.368. The molecule has 58 valence electrons. The summed E-state index contributed by atoms with van der Waals surface area (Å²) in [7, 11) is 0.306. The van der Waals surface area contributed by atoms with E-state index in [2.05, 4.69) is 0 Å². The van der Waals surface area contributed by atoms with Gasteiger partial charge < -0.3 is 15.0 Å². The van der Waals surface area contributed by atoms with E-state index in [1.54, 1.807) is 0 Å². The lowest BCUT2D eigenvalue weighted by Crippen LogP contribution is -1.91. The van der Waals surface area contributed by atoms with Crippen LogP contribution in [0.4, 0.5) is 0 Å². The van der Waals surface area contributed by atoms with E-state index in [-0.39, 0.29) is 0 Å². The van der Waals surface area contributed by atoms with Crippen LogP contribution in [0.5, 0.6) is 0 Å². The highest BCUT2D eigenvalue weighted by Crippen LogP contribution is 1.70. The van der Waals surface area contributed by atoms with Crippen LogP contribution in [-0.2, 0) is 9.59 Å². The normalized spacial score (nSPS) is 8.50. The average molecular weight is 164 g/mol. The molecule has 0 amide bonds. The van der Waals surface area contributed by atoms with Crippen molar-refractivity contribution in [2.75, 3.05) is 0 Å². The Kier molecular flexibility index (Phi) is 9.14. The fraction of sp³-hybridized carbons (Fsp3) is 0. The third kappa shape index (κ3) is 15.8. The number of hydrogen-bond acceptors (Lipinski definition) is 3. The minimum absolute atomic E-state index is 0.306. The third-order valence-corrected chi connectivity index (χ3v) is 0.368. The summed E-state index contributed by atoms with van der Waals surface area (Å²) in [5.41, 5.74) is 0. The van der Waals surface area contributed by atoms with E-state index in [1.807, 2.05) is 0 Å². The number of carboxylic acids is 2. The van der Waals surface area contributed by atoms with Crippen LogP contribution in [-0.4, -0.2) is 37.4 Å². The lowest BCUT2D eigenvalue weighted by molar-refractivity contribution is -0.134. The molecule has 0 heterocycles. The van der Waals surface area contributed by atoms with Gasteiger partial charge in [0.1, 0.15) is 10.5 Å². The van der Waals surface area contributed by atoms with Crippen LogP contribution in [0.1, 0.15) is 0 Å². The Morgan fingerprint density at radius 2 is 1.20 bits per heavy atom. The molecule has 0 saturated heterocycles. The summed E-state index contributed by atoms with van der Waals surface area (Å²) in [6.07, 6.45) is 1.12. The van der Waals surface area contributed by atoms with E-state index in [0.717, 1.165) is 0 Å². The number of carbonyl (C=O) groups is 2. The molecule has 0 atom stereocenters. The first-order valence-electron chi connectivity index (χ1n) is 2.21. The first-order chi connectivity index (χ1) is 4.63. The average Bonchev–Trinajstić information content (AvgIpc) is 1.89. The molecule has 0 aromatic rings. The maximum Gasteiger partial charge on any atom is 0.328 e. The second-order valence-corrected chi connectivity index (χ2v) is 1.01. The smallest absolute Gasteiger partial charge is 0.328 e. The number of rotatable bonds is 2. The van der Waals surface area contributed by atoms with Crippen molar-refractivity contribution < 1.29 is 24.6 Å². The van der Waals surface area contributed by atoms with Gasteiger partial charge in [0.15, 0.2) is 0 Å². The lowest BCUT2D eigenvalue weighted by Gasteiger charge is -1.74. The maximum absolute atomic E-state index is 9.55. The standard InChI is InChI=1S/C4H4O4.H4OSi/c5-3(6)1-2-4(7)8;1-2/h1-2H,(H,5,6)(H,7,8);1H,2H3/b2-1-;. The largest absolute Gasteiger partial charge is 0.478 e. The van der Waals surface area contributed by atoms with Gasteiger partial charge in [-0.2, -0.15) is 0 Å². The number of hydrogen-bond donors (Lipinski definition) is 3. The summed E-state index contributed by atoms with van der Waals surface area (Å²) >= 11 is 0. The molecule has 3 N–H and O–H groups in total. The Hall–Kier alpha value is -1.14. The first kappa shape index (κ1) is 11.6. The summed E-state index contributed by atoms with van der Waals surface area (Å²) in [6, 6.07) is 0. The van der Waals surface area contributed by atoms with Crippen molar-refractivity contribution in [2.45, 2.75) is 0 Å². The van der Waals surface area contributed by atoms with Crippen LogP contribution in [0.15, 0.2) is 12.2 Å². The summed E-state index contributed by atoms with van der Waals surface area (Å²) < 4.78 is 0. The van der Waals surface area contributed by atoms with Crippen LogP contribution in [0.2, 0.25) is 0 Å². The van der Waals surface area contributed by atoms with Gasteiger partial charge in [0.25, 0.3) is 0 Å². The zero-order valence-electron chi connectivity index (χ0n) is 5.31. The highest BCUT2D eigenvalue weighted by atomic mass is 28.2. The van der Waals surface area contributed by atoms with Crippen molar-refractivity contribution in [3.8, 4) is 0 Å². The predicted molar refractivity (Wildman–Crippen MR) is 36.6 cm³/mol.